The first-order valence-electron chi connectivity index (χ1n) is 5.33. The second kappa shape index (κ2) is 5.13. The van der Waals surface area contributed by atoms with Gasteiger partial charge in [0.1, 0.15) is 5.69 Å². The number of aromatic nitrogens is 2. The average Bonchev–Trinajstić information content (AvgIpc) is 2.37. The third-order valence-corrected chi connectivity index (χ3v) is 2.21. The Labute approximate surface area is 107 Å². The minimum Gasteiger partial charge on any atom is -0.480 e. The third-order valence-electron chi connectivity index (χ3n) is 2.21. The number of ether oxygens (including phenoxy) is 1. The summed E-state index contributed by atoms with van der Waals surface area (Å²) in [5.74, 6) is -0.0871. The second-order valence-electron chi connectivity index (χ2n) is 3.71. The number of alkyl halides is 3. The maximum Gasteiger partial charge on any atom is 0.422 e. The van der Waals surface area contributed by atoms with E-state index >= 15 is 0 Å². The molecule has 2 N–H and O–H groups in total. The Balaban J connectivity index is 2.34. The van der Waals surface area contributed by atoms with Gasteiger partial charge in [-0.25, -0.2) is 9.97 Å². The number of hydrogen-bond acceptors (Lipinski definition) is 4. The van der Waals surface area contributed by atoms with Crippen molar-refractivity contribution in [3.8, 4) is 17.0 Å². The fourth-order valence-corrected chi connectivity index (χ4v) is 1.45. The number of nitrogen functional groups attached to an aromatic ring is 1. The number of hydrogen-bond donors (Lipinski definition) is 1. The molecule has 1 aromatic heterocycles. The van der Waals surface area contributed by atoms with Crippen LogP contribution < -0.4 is 10.5 Å². The van der Waals surface area contributed by atoms with E-state index < -0.39 is 12.8 Å². The molecule has 1 aromatic carbocycles. The predicted octanol–water partition coefficient (Wildman–Crippen LogP) is 2.67. The summed E-state index contributed by atoms with van der Waals surface area (Å²) in [7, 11) is 0. The van der Waals surface area contributed by atoms with Crippen LogP contribution in [0.2, 0.25) is 0 Å². The first-order valence-corrected chi connectivity index (χ1v) is 5.33. The lowest BCUT2D eigenvalue weighted by atomic mass is 10.1. The van der Waals surface area contributed by atoms with Crippen molar-refractivity contribution in [2.24, 2.45) is 0 Å². The number of anilines is 1. The van der Waals surface area contributed by atoms with Crippen LogP contribution in [-0.4, -0.2) is 22.8 Å². The Morgan fingerprint density at radius 3 is 2.47 bits per heavy atom. The summed E-state index contributed by atoms with van der Waals surface area (Å²) in [5, 5.41) is 0. The lowest BCUT2D eigenvalue weighted by molar-refractivity contribution is -0.153. The highest BCUT2D eigenvalue weighted by Gasteiger charge is 2.29. The molecule has 0 bridgehead atoms. The van der Waals surface area contributed by atoms with Gasteiger partial charge >= 0.3 is 6.18 Å². The van der Waals surface area contributed by atoms with Gasteiger partial charge in [0.05, 0.1) is 6.20 Å². The highest BCUT2D eigenvalue weighted by molar-refractivity contribution is 5.66. The van der Waals surface area contributed by atoms with E-state index in [0.29, 0.717) is 5.56 Å². The summed E-state index contributed by atoms with van der Waals surface area (Å²) < 4.78 is 41.2. The van der Waals surface area contributed by atoms with E-state index in [1.165, 1.54) is 0 Å². The quantitative estimate of drug-likeness (QED) is 0.930. The van der Waals surface area contributed by atoms with Crippen molar-refractivity contribution in [3.63, 3.8) is 0 Å². The maximum atomic E-state index is 12.2. The molecule has 4 nitrogen and oxygen atoms in total. The van der Waals surface area contributed by atoms with Crippen molar-refractivity contribution in [1.29, 1.82) is 0 Å². The summed E-state index contributed by atoms with van der Waals surface area (Å²) in [6.45, 7) is -1.40. The molecule has 0 aliphatic rings. The van der Waals surface area contributed by atoms with Gasteiger partial charge in [-0.05, 0) is 0 Å². The van der Waals surface area contributed by atoms with E-state index in [-0.39, 0.29) is 17.4 Å². The van der Waals surface area contributed by atoms with E-state index in [2.05, 4.69) is 9.97 Å². The summed E-state index contributed by atoms with van der Waals surface area (Å²) >= 11 is 0. The molecule has 0 saturated carbocycles. The molecule has 0 spiro atoms. The SMILES string of the molecule is Nc1ncc(OCC(F)(F)F)c(-c2ccccc2)n1. The van der Waals surface area contributed by atoms with Crippen LogP contribution >= 0.6 is 0 Å². The van der Waals surface area contributed by atoms with Gasteiger partial charge in [-0.15, -0.1) is 0 Å². The van der Waals surface area contributed by atoms with Crippen LogP contribution in [-0.2, 0) is 0 Å². The second-order valence-corrected chi connectivity index (χ2v) is 3.71. The zero-order valence-electron chi connectivity index (χ0n) is 9.69. The van der Waals surface area contributed by atoms with Crippen LogP contribution in [0.1, 0.15) is 0 Å². The van der Waals surface area contributed by atoms with Crippen molar-refractivity contribution >= 4 is 5.95 Å². The van der Waals surface area contributed by atoms with E-state index in [9.17, 15) is 13.2 Å². The van der Waals surface area contributed by atoms with E-state index in [0.717, 1.165) is 6.20 Å². The van der Waals surface area contributed by atoms with Gasteiger partial charge in [-0.2, -0.15) is 13.2 Å². The molecule has 2 aromatic rings. The van der Waals surface area contributed by atoms with Crippen molar-refractivity contribution < 1.29 is 17.9 Å². The first-order chi connectivity index (χ1) is 8.96. The molecule has 0 saturated heterocycles. The van der Waals surface area contributed by atoms with Crippen LogP contribution in [0.4, 0.5) is 19.1 Å². The van der Waals surface area contributed by atoms with Crippen LogP contribution in [0.15, 0.2) is 36.5 Å². The van der Waals surface area contributed by atoms with Crippen LogP contribution in [0.5, 0.6) is 5.75 Å². The number of halogens is 3. The molecule has 2 rings (SSSR count). The van der Waals surface area contributed by atoms with Crippen LogP contribution in [0, 0.1) is 0 Å². The normalized spacial score (nSPS) is 11.3. The molecule has 0 aliphatic carbocycles. The molecule has 0 radical (unpaired) electrons. The minimum atomic E-state index is -4.42. The zero-order chi connectivity index (χ0) is 13.9. The van der Waals surface area contributed by atoms with Gasteiger partial charge in [-0.3, -0.25) is 0 Å². The fraction of sp³-hybridized carbons (Fsp3) is 0.167. The van der Waals surface area contributed by atoms with E-state index in [1.807, 2.05) is 0 Å². The molecule has 0 atom stereocenters. The van der Waals surface area contributed by atoms with Crippen molar-refractivity contribution in [3.05, 3.63) is 36.5 Å². The Kier molecular flexibility index (Phi) is 3.55. The largest absolute Gasteiger partial charge is 0.480 e. The molecule has 100 valence electrons. The fourth-order valence-electron chi connectivity index (χ4n) is 1.45. The molecule has 19 heavy (non-hydrogen) atoms. The van der Waals surface area contributed by atoms with Gasteiger partial charge in [0.25, 0.3) is 0 Å². The number of nitrogens with two attached hydrogens (primary N) is 1. The summed E-state index contributed by atoms with van der Waals surface area (Å²) in [6, 6.07) is 8.65. The molecular formula is C12H10F3N3O. The summed E-state index contributed by atoms with van der Waals surface area (Å²) in [5.41, 5.74) is 6.29. The monoisotopic (exact) mass is 269 g/mol. The first kappa shape index (κ1) is 13.1. The van der Waals surface area contributed by atoms with Crippen molar-refractivity contribution in [2.45, 2.75) is 6.18 Å². The van der Waals surface area contributed by atoms with E-state index in [4.69, 9.17) is 10.5 Å². The Hall–Kier alpha value is -2.31. The lowest BCUT2D eigenvalue weighted by Crippen LogP contribution is -2.19. The predicted molar refractivity (Wildman–Crippen MR) is 63.4 cm³/mol. The standard InChI is InChI=1S/C12H10F3N3O/c13-12(14,15)7-19-9-6-17-11(16)18-10(9)8-4-2-1-3-5-8/h1-6H,7H2,(H2,16,17,18). The van der Waals surface area contributed by atoms with Gasteiger partial charge in [0, 0.05) is 5.56 Å². The molecule has 0 aliphatic heterocycles. The molecule has 0 fully saturated rings. The molecular weight excluding hydrogens is 259 g/mol. The van der Waals surface area contributed by atoms with Gasteiger partial charge in [0.15, 0.2) is 12.4 Å². The zero-order valence-corrected chi connectivity index (χ0v) is 9.69. The minimum absolute atomic E-state index is 0.0294. The average molecular weight is 269 g/mol. The highest BCUT2D eigenvalue weighted by Crippen LogP contribution is 2.29. The van der Waals surface area contributed by atoms with Gasteiger partial charge in [-0.1, -0.05) is 30.3 Å². The Morgan fingerprint density at radius 2 is 1.84 bits per heavy atom. The van der Waals surface area contributed by atoms with Crippen LogP contribution in [0.3, 0.4) is 0 Å². The Bertz CT molecular complexity index is 558. The van der Waals surface area contributed by atoms with Gasteiger partial charge < -0.3 is 10.5 Å². The smallest absolute Gasteiger partial charge is 0.422 e. The van der Waals surface area contributed by atoms with Crippen LogP contribution in [0.25, 0.3) is 11.3 Å². The topological polar surface area (TPSA) is 61.0 Å². The number of benzene rings is 1. The third kappa shape index (κ3) is 3.57. The molecule has 1 heterocycles. The highest BCUT2D eigenvalue weighted by atomic mass is 19.4. The van der Waals surface area contributed by atoms with Gasteiger partial charge in [0.2, 0.25) is 5.95 Å². The lowest BCUT2D eigenvalue weighted by Gasteiger charge is -2.12. The number of rotatable bonds is 3. The molecule has 0 amide bonds. The molecule has 0 unspecified atom stereocenters. The molecule has 7 heteroatoms. The van der Waals surface area contributed by atoms with Crippen molar-refractivity contribution in [1.82, 2.24) is 9.97 Å². The number of nitrogens with zero attached hydrogens (tertiary/aromatic N) is 2. The maximum absolute atomic E-state index is 12.2. The van der Waals surface area contributed by atoms with Crippen molar-refractivity contribution in [2.75, 3.05) is 12.3 Å². The summed E-state index contributed by atoms with van der Waals surface area (Å²) in [6.07, 6.45) is -3.29. The Morgan fingerprint density at radius 1 is 1.16 bits per heavy atom. The van der Waals surface area contributed by atoms with E-state index in [1.54, 1.807) is 30.3 Å². The summed E-state index contributed by atoms with van der Waals surface area (Å²) in [4.78, 5) is 7.56.